The van der Waals surface area contributed by atoms with Gasteiger partial charge in [0.25, 0.3) is 0 Å². The highest BCUT2D eigenvalue weighted by molar-refractivity contribution is 7.89. The Bertz CT molecular complexity index is 1070. The van der Waals surface area contributed by atoms with Gasteiger partial charge in [-0.1, -0.05) is 48.5 Å². The Morgan fingerprint density at radius 1 is 1.07 bits per heavy atom. The highest BCUT2D eigenvalue weighted by Crippen LogP contribution is 2.49. The SMILES string of the molecule is C=C(C(C)=O)[C@H]1c2ccccc2[C@@H](CC(=O)OC)N1S(=O)(=O)c1ccc(C)cc1. The number of methoxy groups -OCH3 is 1. The van der Waals surface area contributed by atoms with Crippen molar-refractivity contribution in [3.05, 3.63) is 77.4 Å². The molecule has 0 amide bonds. The highest BCUT2D eigenvalue weighted by atomic mass is 32.2. The van der Waals surface area contributed by atoms with Crippen LogP contribution in [0, 0.1) is 6.92 Å². The zero-order valence-electron chi connectivity index (χ0n) is 16.6. The molecule has 0 N–H and O–H groups in total. The number of ketones is 1. The van der Waals surface area contributed by atoms with Gasteiger partial charge >= 0.3 is 5.97 Å². The third-order valence-corrected chi connectivity index (χ3v) is 7.07. The molecular weight excluding hydrogens is 390 g/mol. The summed E-state index contributed by atoms with van der Waals surface area (Å²) >= 11 is 0. The monoisotopic (exact) mass is 413 g/mol. The molecule has 0 aliphatic carbocycles. The molecule has 1 heterocycles. The van der Waals surface area contributed by atoms with Crippen LogP contribution in [-0.4, -0.2) is 31.6 Å². The topological polar surface area (TPSA) is 80.8 Å². The van der Waals surface area contributed by atoms with Crippen molar-refractivity contribution in [2.24, 2.45) is 0 Å². The second-order valence-corrected chi connectivity index (χ2v) is 8.90. The zero-order chi connectivity index (χ0) is 21.3. The third-order valence-electron chi connectivity index (χ3n) is 5.18. The van der Waals surface area contributed by atoms with E-state index < -0.39 is 28.1 Å². The molecular formula is C22H23NO5S. The van der Waals surface area contributed by atoms with Crippen LogP contribution in [-0.2, 0) is 24.3 Å². The minimum absolute atomic E-state index is 0.0899. The van der Waals surface area contributed by atoms with Crippen molar-refractivity contribution in [3.63, 3.8) is 0 Å². The van der Waals surface area contributed by atoms with Gasteiger partial charge in [-0.15, -0.1) is 0 Å². The number of nitrogens with zero attached hydrogens (tertiary/aromatic N) is 1. The van der Waals surface area contributed by atoms with Gasteiger partial charge in [-0.3, -0.25) is 9.59 Å². The number of Topliss-reactive ketones (excluding diaryl/α,β-unsaturated/α-hetero) is 1. The normalized spacial score (nSPS) is 18.9. The first kappa shape index (κ1) is 21.0. The number of rotatable bonds is 6. The molecule has 29 heavy (non-hydrogen) atoms. The fourth-order valence-electron chi connectivity index (χ4n) is 3.63. The summed E-state index contributed by atoms with van der Waals surface area (Å²) in [5.74, 6) is -0.851. The minimum Gasteiger partial charge on any atom is -0.469 e. The Morgan fingerprint density at radius 3 is 2.21 bits per heavy atom. The lowest BCUT2D eigenvalue weighted by atomic mass is 9.96. The second kappa shape index (κ2) is 7.93. The number of carbonyl (C=O) groups is 2. The van der Waals surface area contributed by atoms with Crippen LogP contribution in [0.4, 0.5) is 0 Å². The Balaban J connectivity index is 2.23. The molecule has 2 aromatic rings. The molecule has 2 atom stereocenters. The van der Waals surface area contributed by atoms with Crippen LogP contribution in [0.2, 0.25) is 0 Å². The average molecular weight is 413 g/mol. The molecule has 0 aromatic heterocycles. The smallest absolute Gasteiger partial charge is 0.307 e. The Hall–Kier alpha value is -2.77. The summed E-state index contributed by atoms with van der Waals surface area (Å²) in [6.45, 7) is 7.09. The number of hydrogen-bond acceptors (Lipinski definition) is 5. The summed E-state index contributed by atoms with van der Waals surface area (Å²) in [6.07, 6.45) is -0.166. The molecule has 0 unspecified atom stereocenters. The number of hydrogen-bond donors (Lipinski definition) is 0. The van der Waals surface area contributed by atoms with Crippen molar-refractivity contribution < 1.29 is 22.7 Å². The van der Waals surface area contributed by atoms with Gasteiger partial charge in [-0.2, -0.15) is 4.31 Å². The molecule has 7 heteroatoms. The zero-order valence-corrected chi connectivity index (χ0v) is 17.4. The standard InChI is InChI=1S/C22H23NO5S/c1-14-9-11-17(12-10-14)29(26,27)23-20(13-21(25)28-4)18-7-5-6-8-19(18)22(23)15(2)16(3)24/h5-12,20,22H,2,13H2,1,3-4H3/t20-,22+/m1/s1. The van der Waals surface area contributed by atoms with Gasteiger partial charge in [-0.05, 0) is 37.1 Å². The predicted octanol–water partition coefficient (Wildman–Crippen LogP) is 3.49. The van der Waals surface area contributed by atoms with Crippen LogP contribution < -0.4 is 0 Å². The van der Waals surface area contributed by atoms with Crippen molar-refractivity contribution in [1.82, 2.24) is 4.31 Å². The second-order valence-electron chi connectivity index (χ2n) is 7.06. The number of esters is 1. The van der Waals surface area contributed by atoms with Gasteiger partial charge in [0.05, 0.1) is 30.5 Å². The van der Waals surface area contributed by atoms with E-state index in [9.17, 15) is 18.0 Å². The van der Waals surface area contributed by atoms with Crippen molar-refractivity contribution >= 4 is 21.8 Å². The predicted molar refractivity (Wildman–Crippen MR) is 109 cm³/mol. The first-order valence-electron chi connectivity index (χ1n) is 9.14. The minimum atomic E-state index is -4.04. The maximum atomic E-state index is 13.7. The van der Waals surface area contributed by atoms with Crippen LogP contribution in [0.25, 0.3) is 0 Å². The van der Waals surface area contributed by atoms with Gasteiger partial charge in [-0.25, -0.2) is 8.42 Å². The summed E-state index contributed by atoms with van der Waals surface area (Å²) in [6, 6.07) is 11.9. The molecule has 3 rings (SSSR count). The summed E-state index contributed by atoms with van der Waals surface area (Å²) < 4.78 is 33.3. The third kappa shape index (κ3) is 3.75. The van der Waals surface area contributed by atoms with Gasteiger partial charge < -0.3 is 4.74 Å². The molecule has 152 valence electrons. The van der Waals surface area contributed by atoms with Crippen LogP contribution in [0.3, 0.4) is 0 Å². The largest absolute Gasteiger partial charge is 0.469 e. The molecule has 2 aromatic carbocycles. The van der Waals surface area contributed by atoms with Crippen LogP contribution in [0.1, 0.15) is 42.1 Å². The summed E-state index contributed by atoms with van der Waals surface area (Å²) in [5.41, 5.74) is 2.39. The molecule has 0 spiro atoms. The maximum Gasteiger partial charge on any atom is 0.307 e. The lowest BCUT2D eigenvalue weighted by molar-refractivity contribution is -0.141. The molecule has 1 aliphatic rings. The average Bonchev–Trinajstić information content (AvgIpc) is 3.02. The van der Waals surface area contributed by atoms with E-state index in [2.05, 4.69) is 6.58 Å². The lowest BCUT2D eigenvalue weighted by Gasteiger charge is -2.30. The number of fused-ring (bicyclic) bond motifs is 1. The molecule has 6 nitrogen and oxygen atoms in total. The van der Waals surface area contributed by atoms with E-state index in [1.807, 2.05) is 6.92 Å². The Labute approximate surface area is 170 Å². The van der Waals surface area contributed by atoms with E-state index in [1.165, 1.54) is 30.5 Å². The molecule has 0 saturated carbocycles. The highest BCUT2D eigenvalue weighted by Gasteiger charge is 2.48. The van der Waals surface area contributed by atoms with Crippen LogP contribution in [0.15, 0.2) is 65.6 Å². The fraction of sp³-hybridized carbons (Fsp3) is 0.273. The van der Waals surface area contributed by atoms with Crippen molar-refractivity contribution in [2.45, 2.75) is 37.2 Å². The van der Waals surface area contributed by atoms with Gasteiger partial charge in [0, 0.05) is 5.57 Å². The van der Waals surface area contributed by atoms with E-state index >= 15 is 0 Å². The van der Waals surface area contributed by atoms with Crippen LogP contribution >= 0.6 is 0 Å². The number of sulfonamides is 1. The first-order chi connectivity index (χ1) is 13.7. The number of ether oxygens (including phenoxy) is 1. The molecule has 0 fully saturated rings. The van der Waals surface area contributed by atoms with Crippen molar-refractivity contribution in [3.8, 4) is 0 Å². The van der Waals surface area contributed by atoms with Crippen molar-refractivity contribution in [2.75, 3.05) is 7.11 Å². The van der Waals surface area contributed by atoms with Gasteiger partial charge in [0.1, 0.15) is 0 Å². The summed E-state index contributed by atoms with van der Waals surface area (Å²) in [4.78, 5) is 24.4. The molecule has 0 saturated heterocycles. The Kier molecular flexibility index (Phi) is 5.73. The van der Waals surface area contributed by atoms with Gasteiger partial charge in [0.15, 0.2) is 5.78 Å². The summed E-state index contributed by atoms with van der Waals surface area (Å²) in [7, 11) is -2.78. The quantitative estimate of drug-likeness (QED) is 0.535. The first-order valence-corrected chi connectivity index (χ1v) is 10.6. The van der Waals surface area contributed by atoms with E-state index in [0.717, 1.165) is 5.56 Å². The number of benzene rings is 2. The van der Waals surface area contributed by atoms with E-state index in [4.69, 9.17) is 4.74 Å². The maximum absolute atomic E-state index is 13.7. The summed E-state index contributed by atoms with van der Waals surface area (Å²) in [5, 5.41) is 0. The number of carbonyl (C=O) groups excluding carboxylic acids is 2. The Morgan fingerprint density at radius 2 is 1.66 bits per heavy atom. The van der Waals surface area contributed by atoms with E-state index in [1.54, 1.807) is 36.4 Å². The van der Waals surface area contributed by atoms with Gasteiger partial charge in [0.2, 0.25) is 10.0 Å². The van der Waals surface area contributed by atoms with Crippen LogP contribution in [0.5, 0.6) is 0 Å². The lowest BCUT2D eigenvalue weighted by Crippen LogP contribution is -2.36. The molecule has 1 aliphatic heterocycles. The molecule has 0 bridgehead atoms. The number of aryl methyl sites for hydroxylation is 1. The van der Waals surface area contributed by atoms with E-state index in [0.29, 0.717) is 11.1 Å². The van der Waals surface area contributed by atoms with E-state index in [-0.39, 0.29) is 22.7 Å². The fourth-order valence-corrected chi connectivity index (χ4v) is 5.40. The molecule has 0 radical (unpaired) electrons. The van der Waals surface area contributed by atoms with Crippen molar-refractivity contribution in [1.29, 1.82) is 0 Å².